The minimum absolute atomic E-state index is 0.108. The van der Waals surface area contributed by atoms with Gasteiger partial charge in [0.15, 0.2) is 0 Å². The number of hydrogen-bond donors (Lipinski definition) is 2. The number of amides is 1. The highest BCUT2D eigenvalue weighted by Crippen LogP contribution is 2.13. The molecule has 0 atom stereocenters. The molecule has 0 radical (unpaired) electrons. The quantitative estimate of drug-likeness (QED) is 0.367. The Morgan fingerprint density at radius 2 is 2.35 bits per heavy atom. The zero-order chi connectivity index (χ0) is 14.5. The van der Waals surface area contributed by atoms with Gasteiger partial charge < -0.3 is 15.8 Å². The summed E-state index contributed by atoms with van der Waals surface area (Å²) in [5.41, 5.74) is 6.74. The maximum Gasteiger partial charge on any atom is 0.257 e. The van der Waals surface area contributed by atoms with E-state index in [0.717, 1.165) is 5.52 Å². The minimum atomic E-state index is -0.112. The summed E-state index contributed by atoms with van der Waals surface area (Å²) in [5, 5.41) is 15.6. The highest BCUT2D eigenvalue weighted by atomic mass is 16.4. The number of fused-ring (bicyclic) bond motifs is 1. The average molecular weight is 275 g/mol. The number of hydrogen-bond acceptors (Lipinski definition) is 4. The van der Waals surface area contributed by atoms with Crippen molar-refractivity contribution in [2.24, 2.45) is 10.9 Å². The lowest BCUT2D eigenvalue weighted by atomic mass is 10.2. The molecule has 2 aromatic rings. The summed E-state index contributed by atoms with van der Waals surface area (Å²) in [7, 11) is 0. The van der Waals surface area contributed by atoms with Crippen LogP contribution in [0.15, 0.2) is 35.7 Å². The maximum absolute atomic E-state index is 12.5. The molecular formula is C13H17N5O2. The van der Waals surface area contributed by atoms with Crippen LogP contribution in [0.5, 0.6) is 0 Å². The number of pyridine rings is 1. The predicted octanol–water partition coefficient (Wildman–Crippen LogP) is 0.933. The summed E-state index contributed by atoms with van der Waals surface area (Å²) in [5.74, 6) is -0.00412. The molecule has 0 saturated heterocycles. The molecule has 20 heavy (non-hydrogen) atoms. The first-order valence-electron chi connectivity index (χ1n) is 6.35. The number of aromatic nitrogens is 2. The van der Waals surface area contributed by atoms with Gasteiger partial charge in [0, 0.05) is 25.7 Å². The summed E-state index contributed by atoms with van der Waals surface area (Å²) >= 11 is 0. The fourth-order valence-electron chi connectivity index (χ4n) is 1.97. The van der Waals surface area contributed by atoms with Crippen molar-refractivity contribution < 1.29 is 10.0 Å². The van der Waals surface area contributed by atoms with Gasteiger partial charge in [-0.25, -0.2) is 4.52 Å². The number of nitrogens with two attached hydrogens (primary N) is 1. The minimum Gasteiger partial charge on any atom is -0.409 e. The van der Waals surface area contributed by atoms with E-state index in [0.29, 0.717) is 25.1 Å². The summed E-state index contributed by atoms with van der Waals surface area (Å²) in [6.45, 7) is 2.83. The van der Waals surface area contributed by atoms with Crippen molar-refractivity contribution in [3.05, 3.63) is 36.2 Å². The van der Waals surface area contributed by atoms with Crippen LogP contribution in [0.1, 0.15) is 23.7 Å². The van der Waals surface area contributed by atoms with E-state index < -0.39 is 0 Å². The van der Waals surface area contributed by atoms with Crippen molar-refractivity contribution in [3.8, 4) is 0 Å². The normalized spacial score (nSPS) is 11.8. The topological polar surface area (TPSA) is 96.2 Å². The Bertz CT molecular complexity index is 634. The number of carbonyl (C=O) groups excluding carboxylic acids is 1. The number of oxime groups is 1. The molecule has 2 aromatic heterocycles. The molecular weight excluding hydrogens is 258 g/mol. The molecule has 3 N–H and O–H groups in total. The van der Waals surface area contributed by atoms with Gasteiger partial charge in [0.1, 0.15) is 5.84 Å². The Morgan fingerprint density at radius 3 is 3.05 bits per heavy atom. The van der Waals surface area contributed by atoms with E-state index in [1.807, 2.05) is 25.1 Å². The van der Waals surface area contributed by atoms with Crippen LogP contribution in [0.2, 0.25) is 0 Å². The molecule has 0 saturated carbocycles. The molecule has 1 amide bonds. The lowest BCUT2D eigenvalue weighted by Crippen LogP contribution is -2.33. The van der Waals surface area contributed by atoms with E-state index in [9.17, 15) is 4.79 Å². The Balaban J connectivity index is 2.20. The third kappa shape index (κ3) is 2.71. The molecule has 0 spiro atoms. The molecule has 2 heterocycles. The van der Waals surface area contributed by atoms with Crippen LogP contribution in [0.4, 0.5) is 0 Å². The van der Waals surface area contributed by atoms with Gasteiger partial charge in [0.05, 0.1) is 17.3 Å². The van der Waals surface area contributed by atoms with Gasteiger partial charge in [0.2, 0.25) is 0 Å². The van der Waals surface area contributed by atoms with Gasteiger partial charge in [0.25, 0.3) is 5.91 Å². The molecule has 0 fully saturated rings. The molecule has 7 nitrogen and oxygen atoms in total. The second kappa shape index (κ2) is 6.05. The Morgan fingerprint density at radius 1 is 1.55 bits per heavy atom. The van der Waals surface area contributed by atoms with Gasteiger partial charge in [-0.2, -0.15) is 5.10 Å². The second-order valence-electron chi connectivity index (χ2n) is 4.31. The number of nitrogens with zero attached hydrogens (tertiary/aromatic N) is 4. The van der Waals surface area contributed by atoms with Crippen LogP contribution in [0.3, 0.4) is 0 Å². The molecule has 0 aromatic carbocycles. The van der Waals surface area contributed by atoms with Crippen molar-refractivity contribution in [2.75, 3.05) is 13.1 Å². The molecule has 106 valence electrons. The highest BCUT2D eigenvalue weighted by Gasteiger charge is 2.18. The van der Waals surface area contributed by atoms with E-state index in [2.05, 4.69) is 10.3 Å². The number of carbonyl (C=O) groups is 1. The largest absolute Gasteiger partial charge is 0.409 e. The van der Waals surface area contributed by atoms with Gasteiger partial charge in [-0.3, -0.25) is 4.79 Å². The first kappa shape index (κ1) is 13.9. The fraction of sp³-hybridized carbons (Fsp3) is 0.308. The summed E-state index contributed by atoms with van der Waals surface area (Å²) < 4.78 is 1.66. The highest BCUT2D eigenvalue weighted by molar-refractivity contribution is 6.00. The zero-order valence-corrected chi connectivity index (χ0v) is 11.2. The molecule has 0 aliphatic rings. The predicted molar refractivity (Wildman–Crippen MR) is 74.8 cm³/mol. The van der Waals surface area contributed by atoms with Crippen molar-refractivity contribution in [1.29, 1.82) is 0 Å². The zero-order valence-electron chi connectivity index (χ0n) is 11.2. The van der Waals surface area contributed by atoms with E-state index in [1.54, 1.807) is 21.8 Å². The van der Waals surface area contributed by atoms with Crippen molar-refractivity contribution in [3.63, 3.8) is 0 Å². The molecule has 0 bridgehead atoms. The van der Waals surface area contributed by atoms with Crippen LogP contribution in [-0.2, 0) is 0 Å². The van der Waals surface area contributed by atoms with Crippen LogP contribution >= 0.6 is 0 Å². The lowest BCUT2D eigenvalue weighted by Gasteiger charge is -2.19. The van der Waals surface area contributed by atoms with Crippen molar-refractivity contribution in [1.82, 2.24) is 14.5 Å². The van der Waals surface area contributed by atoms with Gasteiger partial charge in [-0.15, -0.1) is 0 Å². The molecule has 2 rings (SSSR count). The molecule has 7 heteroatoms. The molecule has 0 aliphatic carbocycles. The Kier molecular flexibility index (Phi) is 4.19. The molecule has 0 aliphatic heterocycles. The summed E-state index contributed by atoms with van der Waals surface area (Å²) in [4.78, 5) is 14.1. The van der Waals surface area contributed by atoms with Crippen LogP contribution in [-0.4, -0.2) is 44.6 Å². The summed E-state index contributed by atoms with van der Waals surface area (Å²) in [6.07, 6.45) is 3.68. The third-order valence-electron chi connectivity index (χ3n) is 3.09. The average Bonchev–Trinajstić information content (AvgIpc) is 2.91. The monoisotopic (exact) mass is 275 g/mol. The maximum atomic E-state index is 12.5. The first-order valence-corrected chi connectivity index (χ1v) is 6.35. The number of amidine groups is 1. The van der Waals surface area contributed by atoms with E-state index in [1.165, 1.54) is 0 Å². The van der Waals surface area contributed by atoms with E-state index in [-0.39, 0.29) is 11.7 Å². The van der Waals surface area contributed by atoms with Gasteiger partial charge in [-0.05, 0) is 19.1 Å². The van der Waals surface area contributed by atoms with Crippen molar-refractivity contribution >= 4 is 17.3 Å². The van der Waals surface area contributed by atoms with Gasteiger partial charge in [-0.1, -0.05) is 11.2 Å². The Labute approximate surface area is 116 Å². The van der Waals surface area contributed by atoms with Crippen molar-refractivity contribution in [2.45, 2.75) is 13.3 Å². The third-order valence-corrected chi connectivity index (χ3v) is 3.09. The Hall–Kier alpha value is -2.57. The lowest BCUT2D eigenvalue weighted by molar-refractivity contribution is 0.0770. The summed E-state index contributed by atoms with van der Waals surface area (Å²) in [6, 6.07) is 5.56. The van der Waals surface area contributed by atoms with Crippen LogP contribution < -0.4 is 5.73 Å². The van der Waals surface area contributed by atoms with Crippen LogP contribution in [0.25, 0.3) is 5.52 Å². The SMILES string of the molecule is CCN(CC/C(N)=N/O)C(=O)c1cnn2ccccc12. The smallest absolute Gasteiger partial charge is 0.257 e. The fourth-order valence-corrected chi connectivity index (χ4v) is 1.97. The molecule has 0 unspecified atom stereocenters. The van der Waals surface area contributed by atoms with E-state index >= 15 is 0 Å². The van der Waals surface area contributed by atoms with Gasteiger partial charge >= 0.3 is 0 Å². The number of rotatable bonds is 5. The first-order chi connectivity index (χ1) is 9.67. The second-order valence-corrected chi connectivity index (χ2v) is 4.31. The van der Waals surface area contributed by atoms with E-state index in [4.69, 9.17) is 10.9 Å². The van der Waals surface area contributed by atoms with Crippen LogP contribution in [0, 0.1) is 0 Å². The standard InChI is InChI=1S/C13H17N5O2/c1-2-17(8-6-12(14)16-20)13(19)10-9-15-18-7-4-3-5-11(10)18/h3-5,7,9,20H,2,6,8H2,1H3,(H2,14,16).